The summed E-state index contributed by atoms with van der Waals surface area (Å²) < 4.78 is 5.00. The highest BCUT2D eigenvalue weighted by molar-refractivity contribution is 5.66. The topological polar surface area (TPSA) is 26.3 Å². The molecule has 2 heteroatoms. The van der Waals surface area contributed by atoms with Gasteiger partial charge in [-0.05, 0) is 257 Å². The highest BCUT2D eigenvalue weighted by Crippen LogP contribution is 2.20. The Morgan fingerprint density at radius 2 is 0.377 bits per heavy atom. The summed E-state index contributed by atoms with van der Waals surface area (Å²) in [6.45, 7) is 33.5. The van der Waals surface area contributed by atoms with E-state index in [0.717, 1.165) is 103 Å². The van der Waals surface area contributed by atoms with E-state index in [1.54, 1.807) is 0 Å². The number of allylic oxidation sites excluding steroid dienone is 25. The first-order valence-electron chi connectivity index (χ1n) is 27.5. The third-order valence-corrected chi connectivity index (χ3v) is 13.2. The average molecular weight is 946 g/mol. The lowest BCUT2D eigenvalue weighted by atomic mass is 10.0. The Balaban J connectivity index is 4.30. The molecule has 0 heterocycles. The molecular formula is C67H108O2. The van der Waals surface area contributed by atoms with Crippen LogP contribution in [-0.2, 0) is 9.53 Å². The van der Waals surface area contributed by atoms with E-state index in [0.29, 0.717) is 6.61 Å². The van der Waals surface area contributed by atoms with Gasteiger partial charge in [-0.25, -0.2) is 0 Å². The number of ether oxygens (including phenoxy) is 1. The van der Waals surface area contributed by atoms with Crippen LogP contribution in [0.3, 0.4) is 0 Å². The lowest BCUT2D eigenvalue weighted by Gasteiger charge is -2.04. The minimum atomic E-state index is -0.225. The van der Waals surface area contributed by atoms with Crippen molar-refractivity contribution in [2.24, 2.45) is 0 Å². The fraction of sp³-hybridized carbons (Fsp3) is 0.597. The molecule has 0 aliphatic carbocycles. The second kappa shape index (κ2) is 42.9. The third-order valence-electron chi connectivity index (χ3n) is 13.2. The smallest absolute Gasteiger partial charge is 0.302 e. The van der Waals surface area contributed by atoms with Crippen LogP contribution >= 0.6 is 0 Å². The van der Waals surface area contributed by atoms with Gasteiger partial charge in [0.2, 0.25) is 0 Å². The molecule has 388 valence electrons. The van der Waals surface area contributed by atoms with Crippen LogP contribution in [0.15, 0.2) is 151 Å². The molecule has 0 saturated heterocycles. The molecule has 0 atom stereocenters. The van der Waals surface area contributed by atoms with Crippen LogP contribution in [-0.4, -0.2) is 12.6 Å². The third kappa shape index (κ3) is 45.0. The van der Waals surface area contributed by atoms with Crippen molar-refractivity contribution in [1.29, 1.82) is 0 Å². The van der Waals surface area contributed by atoms with Gasteiger partial charge < -0.3 is 4.74 Å². The summed E-state index contributed by atoms with van der Waals surface area (Å²) >= 11 is 0. The maximum absolute atomic E-state index is 10.9. The van der Waals surface area contributed by atoms with E-state index in [1.165, 1.54) is 131 Å². The largest absolute Gasteiger partial charge is 0.462 e. The number of carbonyl (C=O) groups excluding carboxylic acids is 1. The lowest BCUT2D eigenvalue weighted by Crippen LogP contribution is -1.98. The summed E-state index contributed by atoms with van der Waals surface area (Å²) in [6.07, 6.45) is 58.7. The number of carbonyl (C=O) groups is 1. The highest BCUT2D eigenvalue weighted by Gasteiger charge is 2.00. The van der Waals surface area contributed by atoms with Gasteiger partial charge in [-0.2, -0.15) is 0 Å². The highest BCUT2D eigenvalue weighted by atomic mass is 16.5. The Labute approximate surface area is 429 Å². The molecular weight excluding hydrogens is 837 g/mol. The van der Waals surface area contributed by atoms with Crippen LogP contribution in [0, 0.1) is 0 Å². The van der Waals surface area contributed by atoms with E-state index in [2.05, 4.69) is 170 Å². The van der Waals surface area contributed by atoms with Gasteiger partial charge in [0.05, 0.1) is 0 Å². The molecule has 0 bridgehead atoms. The zero-order valence-corrected chi connectivity index (χ0v) is 48.0. The van der Waals surface area contributed by atoms with Crippen molar-refractivity contribution in [1.82, 2.24) is 0 Å². The van der Waals surface area contributed by atoms with Crippen LogP contribution in [0.1, 0.15) is 258 Å². The summed E-state index contributed by atoms with van der Waals surface area (Å²) in [7, 11) is 0. The monoisotopic (exact) mass is 945 g/mol. The second-order valence-electron chi connectivity index (χ2n) is 21.2. The first-order chi connectivity index (χ1) is 32.9. The van der Waals surface area contributed by atoms with Crippen molar-refractivity contribution in [3.05, 3.63) is 151 Å². The Morgan fingerprint density at radius 3 is 0.522 bits per heavy atom. The first kappa shape index (κ1) is 65.1. The van der Waals surface area contributed by atoms with Gasteiger partial charge in [-0.3, -0.25) is 4.79 Å². The number of esters is 1. The van der Waals surface area contributed by atoms with Gasteiger partial charge in [0.25, 0.3) is 0 Å². The van der Waals surface area contributed by atoms with Gasteiger partial charge in [-0.1, -0.05) is 145 Å². The van der Waals surface area contributed by atoms with Crippen LogP contribution in [0.5, 0.6) is 0 Å². The maximum atomic E-state index is 10.9. The van der Waals surface area contributed by atoms with Gasteiger partial charge in [0.1, 0.15) is 6.61 Å². The van der Waals surface area contributed by atoms with Gasteiger partial charge in [0.15, 0.2) is 0 Å². The molecule has 0 aromatic carbocycles. The Morgan fingerprint density at radius 1 is 0.232 bits per heavy atom. The van der Waals surface area contributed by atoms with E-state index in [-0.39, 0.29) is 5.97 Å². The quantitative estimate of drug-likeness (QED) is 0.0455. The van der Waals surface area contributed by atoms with Crippen LogP contribution in [0.2, 0.25) is 0 Å². The molecule has 0 aromatic rings. The molecule has 0 unspecified atom stereocenters. The predicted molar refractivity (Wildman–Crippen MR) is 312 cm³/mol. The number of hydrogen-bond acceptors (Lipinski definition) is 2. The van der Waals surface area contributed by atoms with Crippen molar-refractivity contribution in [2.45, 2.75) is 258 Å². The number of hydrogen-bond donors (Lipinski definition) is 0. The van der Waals surface area contributed by atoms with E-state index < -0.39 is 0 Å². The van der Waals surface area contributed by atoms with E-state index in [9.17, 15) is 4.79 Å². The summed E-state index contributed by atoms with van der Waals surface area (Å²) in [5.41, 5.74) is 19.4. The van der Waals surface area contributed by atoms with Crippen LogP contribution in [0.4, 0.5) is 0 Å². The minimum absolute atomic E-state index is 0.225. The summed E-state index contributed by atoms with van der Waals surface area (Å²) in [6, 6.07) is 0. The van der Waals surface area contributed by atoms with Gasteiger partial charge in [-0.15, -0.1) is 0 Å². The zero-order valence-electron chi connectivity index (χ0n) is 48.0. The lowest BCUT2D eigenvalue weighted by molar-refractivity contribution is -0.139. The summed E-state index contributed by atoms with van der Waals surface area (Å²) in [5, 5.41) is 0. The summed E-state index contributed by atoms with van der Waals surface area (Å²) in [5.74, 6) is -0.225. The number of rotatable bonds is 38. The molecule has 0 spiro atoms. The predicted octanol–water partition coefficient (Wildman–Crippen LogP) is 22.2. The standard InChI is InChI=1S/C67H108O2/c1-54(2)28-16-29-55(3)30-17-31-56(4)32-18-33-57(5)34-19-35-58(6)36-20-37-59(7)38-21-39-60(8)40-22-41-61(9)42-23-43-62(10)44-24-45-63(11)46-25-47-64(12)48-26-49-65(13)50-27-51-66(14)52-53-69-67(15)68/h28,30,32,34,36,38,40,42,44,46,48,50,52H,16-27,29,31,33,35,37,39,41,43,45,47,49,51,53H2,1-15H3. The molecule has 0 amide bonds. The SMILES string of the molecule is CC(=O)OCC=C(C)CCC=C(C)CCC=C(C)CCC=C(C)CCC=C(C)CCC=C(C)CCC=C(C)CCC=C(C)CCC=C(C)CCC=C(C)CCC=C(C)CCC=C(C)CCC=C(C)C. The molecule has 0 radical (unpaired) electrons. The Bertz CT molecular complexity index is 1850. The molecule has 0 aliphatic rings. The Hall–Kier alpha value is -3.91. The molecule has 0 fully saturated rings. The van der Waals surface area contributed by atoms with Crippen molar-refractivity contribution in [2.75, 3.05) is 6.61 Å². The van der Waals surface area contributed by atoms with Gasteiger partial charge >= 0.3 is 5.97 Å². The average Bonchev–Trinajstić information content (AvgIpc) is 3.26. The van der Waals surface area contributed by atoms with E-state index >= 15 is 0 Å². The van der Waals surface area contributed by atoms with E-state index in [1.807, 2.05) is 6.08 Å². The summed E-state index contributed by atoms with van der Waals surface area (Å²) in [4.78, 5) is 10.9. The first-order valence-corrected chi connectivity index (χ1v) is 27.5. The molecule has 69 heavy (non-hydrogen) atoms. The normalized spacial score (nSPS) is 14.8. The molecule has 2 nitrogen and oxygen atoms in total. The molecule has 0 N–H and O–H groups in total. The van der Waals surface area contributed by atoms with E-state index in [4.69, 9.17) is 4.74 Å². The second-order valence-corrected chi connectivity index (χ2v) is 21.2. The van der Waals surface area contributed by atoms with Crippen LogP contribution in [0.25, 0.3) is 0 Å². The Kier molecular flexibility index (Phi) is 40.5. The molecule has 0 aromatic heterocycles. The van der Waals surface area contributed by atoms with Crippen molar-refractivity contribution >= 4 is 5.97 Å². The molecule has 0 aliphatic heterocycles. The fourth-order valence-corrected chi connectivity index (χ4v) is 8.12. The van der Waals surface area contributed by atoms with Crippen LogP contribution < -0.4 is 0 Å². The fourth-order valence-electron chi connectivity index (χ4n) is 8.12. The zero-order chi connectivity index (χ0) is 51.7. The van der Waals surface area contributed by atoms with Crippen molar-refractivity contribution < 1.29 is 9.53 Å². The molecule has 0 rings (SSSR count). The van der Waals surface area contributed by atoms with Crippen molar-refractivity contribution in [3.63, 3.8) is 0 Å². The minimum Gasteiger partial charge on any atom is -0.462 e. The molecule has 0 saturated carbocycles. The van der Waals surface area contributed by atoms with Crippen molar-refractivity contribution in [3.8, 4) is 0 Å². The van der Waals surface area contributed by atoms with Gasteiger partial charge in [0, 0.05) is 6.92 Å². The maximum Gasteiger partial charge on any atom is 0.302 e.